The molecular formula is C16H28N2S. The molecule has 2 nitrogen and oxygen atoms in total. The summed E-state index contributed by atoms with van der Waals surface area (Å²) in [5, 5.41) is 0. The first-order valence-corrected chi connectivity index (χ1v) is 8.49. The van der Waals surface area contributed by atoms with Gasteiger partial charge in [0, 0.05) is 21.8 Å². The Morgan fingerprint density at radius 2 is 2.00 bits per heavy atom. The van der Waals surface area contributed by atoms with Crippen molar-refractivity contribution >= 4 is 11.3 Å². The van der Waals surface area contributed by atoms with Gasteiger partial charge in [-0.1, -0.05) is 26.2 Å². The predicted molar refractivity (Wildman–Crippen MR) is 84.7 cm³/mol. The molecule has 1 aliphatic carbocycles. The predicted octanol–water partition coefficient (Wildman–Crippen LogP) is 4.10. The molecule has 0 saturated heterocycles. The van der Waals surface area contributed by atoms with E-state index in [4.69, 9.17) is 5.73 Å². The van der Waals surface area contributed by atoms with Gasteiger partial charge in [0.25, 0.3) is 0 Å². The van der Waals surface area contributed by atoms with Crippen LogP contribution in [-0.2, 0) is 0 Å². The first-order valence-electron chi connectivity index (χ1n) is 7.67. The molecule has 1 aromatic rings. The maximum atomic E-state index is 6.43. The molecule has 3 heteroatoms. The van der Waals surface area contributed by atoms with E-state index in [2.05, 4.69) is 37.9 Å². The lowest BCUT2D eigenvalue weighted by atomic mass is 9.92. The van der Waals surface area contributed by atoms with Gasteiger partial charge in [0.2, 0.25) is 0 Å². The second kappa shape index (κ2) is 6.87. The molecule has 2 rings (SSSR count). The van der Waals surface area contributed by atoms with Gasteiger partial charge >= 0.3 is 0 Å². The van der Waals surface area contributed by atoms with Crippen molar-refractivity contribution in [3.8, 4) is 0 Å². The average Bonchev–Trinajstić information content (AvgIpc) is 2.86. The molecule has 2 atom stereocenters. The van der Waals surface area contributed by atoms with E-state index in [0.717, 1.165) is 12.5 Å². The van der Waals surface area contributed by atoms with Crippen molar-refractivity contribution in [1.82, 2.24) is 4.90 Å². The summed E-state index contributed by atoms with van der Waals surface area (Å²) >= 11 is 1.91. The molecule has 2 unspecified atom stereocenters. The van der Waals surface area contributed by atoms with E-state index >= 15 is 0 Å². The van der Waals surface area contributed by atoms with Crippen LogP contribution in [0.5, 0.6) is 0 Å². The lowest BCUT2D eigenvalue weighted by Crippen LogP contribution is -2.44. The van der Waals surface area contributed by atoms with E-state index in [9.17, 15) is 0 Å². The summed E-state index contributed by atoms with van der Waals surface area (Å²) in [5.74, 6) is 0. The zero-order valence-electron chi connectivity index (χ0n) is 12.6. The van der Waals surface area contributed by atoms with Gasteiger partial charge in [0.1, 0.15) is 0 Å². The van der Waals surface area contributed by atoms with Crippen molar-refractivity contribution in [2.24, 2.45) is 5.73 Å². The third-order valence-corrected chi connectivity index (χ3v) is 5.59. The molecule has 0 spiro atoms. The first kappa shape index (κ1) is 15.0. The van der Waals surface area contributed by atoms with Gasteiger partial charge in [-0.25, -0.2) is 0 Å². The minimum Gasteiger partial charge on any atom is -0.326 e. The number of thiophene rings is 1. The standard InChI is InChI=1S/C16H28N2S/c1-4-14(17)16(15-11-10-12(2)19-15)18(3)13-8-6-5-7-9-13/h10-11,13-14,16H,4-9,17H2,1-3H3. The van der Waals surface area contributed by atoms with Gasteiger partial charge in [-0.2, -0.15) is 0 Å². The number of nitrogens with two attached hydrogens (primary N) is 1. The highest BCUT2D eigenvalue weighted by Gasteiger charge is 2.30. The Labute approximate surface area is 122 Å². The van der Waals surface area contributed by atoms with Gasteiger partial charge in [0.15, 0.2) is 0 Å². The molecule has 2 N–H and O–H groups in total. The summed E-state index contributed by atoms with van der Waals surface area (Å²) < 4.78 is 0. The fourth-order valence-electron chi connectivity index (χ4n) is 3.26. The van der Waals surface area contributed by atoms with E-state index < -0.39 is 0 Å². The fourth-order valence-corrected chi connectivity index (χ4v) is 4.37. The summed E-state index contributed by atoms with van der Waals surface area (Å²) in [6, 6.07) is 5.86. The molecule has 19 heavy (non-hydrogen) atoms. The smallest absolute Gasteiger partial charge is 0.0593 e. The lowest BCUT2D eigenvalue weighted by molar-refractivity contribution is 0.120. The van der Waals surface area contributed by atoms with Crippen LogP contribution in [-0.4, -0.2) is 24.0 Å². The number of likely N-dealkylation sites (N-methyl/N-ethyl adjacent to an activating group) is 1. The van der Waals surface area contributed by atoms with Crippen LogP contribution < -0.4 is 5.73 Å². The van der Waals surface area contributed by atoms with Gasteiger partial charge in [-0.3, -0.25) is 4.90 Å². The van der Waals surface area contributed by atoms with E-state index in [-0.39, 0.29) is 6.04 Å². The quantitative estimate of drug-likeness (QED) is 0.880. The van der Waals surface area contributed by atoms with Crippen molar-refractivity contribution in [2.75, 3.05) is 7.05 Å². The number of hydrogen-bond donors (Lipinski definition) is 1. The Balaban J connectivity index is 2.16. The van der Waals surface area contributed by atoms with Crippen LogP contribution in [0.25, 0.3) is 0 Å². The normalized spacial score (nSPS) is 20.7. The van der Waals surface area contributed by atoms with Crippen molar-refractivity contribution < 1.29 is 0 Å². The average molecular weight is 280 g/mol. The molecular weight excluding hydrogens is 252 g/mol. The SMILES string of the molecule is CCC(N)C(c1ccc(C)s1)N(C)C1CCCCC1. The molecule has 1 fully saturated rings. The second-order valence-corrected chi connectivity index (χ2v) is 7.24. The van der Waals surface area contributed by atoms with Gasteiger partial charge in [0.05, 0.1) is 6.04 Å². The molecule has 0 radical (unpaired) electrons. The van der Waals surface area contributed by atoms with Gasteiger partial charge in [-0.15, -0.1) is 11.3 Å². The van der Waals surface area contributed by atoms with E-state index in [1.165, 1.54) is 41.9 Å². The second-order valence-electron chi connectivity index (χ2n) is 5.92. The van der Waals surface area contributed by atoms with E-state index in [0.29, 0.717) is 6.04 Å². The zero-order valence-corrected chi connectivity index (χ0v) is 13.4. The Bertz CT molecular complexity index is 382. The Kier molecular flexibility index (Phi) is 5.43. The minimum atomic E-state index is 0.241. The third-order valence-electron chi connectivity index (χ3n) is 4.52. The van der Waals surface area contributed by atoms with Crippen LogP contribution in [0.4, 0.5) is 0 Å². The summed E-state index contributed by atoms with van der Waals surface area (Å²) in [5.41, 5.74) is 6.43. The first-order chi connectivity index (χ1) is 9.13. The summed E-state index contributed by atoms with van der Waals surface area (Å²) in [4.78, 5) is 5.40. The van der Waals surface area contributed by atoms with Crippen LogP contribution >= 0.6 is 11.3 Å². The Morgan fingerprint density at radius 3 is 2.53 bits per heavy atom. The summed E-state index contributed by atoms with van der Waals surface area (Å²) in [7, 11) is 2.28. The Morgan fingerprint density at radius 1 is 1.32 bits per heavy atom. The summed E-state index contributed by atoms with van der Waals surface area (Å²) in [6.45, 7) is 4.39. The molecule has 0 bridgehead atoms. The van der Waals surface area contributed by atoms with Gasteiger partial charge in [-0.05, 0) is 45.4 Å². The molecule has 1 saturated carbocycles. The van der Waals surface area contributed by atoms with E-state index in [1.54, 1.807) is 0 Å². The fraction of sp³-hybridized carbons (Fsp3) is 0.750. The highest BCUT2D eigenvalue weighted by Crippen LogP contribution is 2.34. The van der Waals surface area contributed by atoms with Crippen LogP contribution in [0.15, 0.2) is 12.1 Å². The minimum absolute atomic E-state index is 0.241. The van der Waals surface area contributed by atoms with Crippen LogP contribution in [0.2, 0.25) is 0 Å². The molecule has 108 valence electrons. The molecule has 1 heterocycles. The highest BCUT2D eigenvalue weighted by atomic mass is 32.1. The number of rotatable bonds is 5. The number of hydrogen-bond acceptors (Lipinski definition) is 3. The molecule has 0 aromatic carbocycles. The molecule has 0 aliphatic heterocycles. The third kappa shape index (κ3) is 3.59. The maximum Gasteiger partial charge on any atom is 0.0593 e. The van der Waals surface area contributed by atoms with Crippen LogP contribution in [0.1, 0.15) is 61.2 Å². The number of aryl methyl sites for hydroxylation is 1. The zero-order chi connectivity index (χ0) is 13.8. The lowest BCUT2D eigenvalue weighted by Gasteiger charge is -2.39. The molecule has 1 aromatic heterocycles. The summed E-state index contributed by atoms with van der Waals surface area (Å²) in [6.07, 6.45) is 7.90. The van der Waals surface area contributed by atoms with Crippen LogP contribution in [0.3, 0.4) is 0 Å². The Hall–Kier alpha value is -0.380. The maximum absolute atomic E-state index is 6.43. The van der Waals surface area contributed by atoms with Crippen molar-refractivity contribution in [3.63, 3.8) is 0 Å². The highest BCUT2D eigenvalue weighted by molar-refractivity contribution is 7.12. The molecule has 0 amide bonds. The van der Waals surface area contributed by atoms with Crippen molar-refractivity contribution in [1.29, 1.82) is 0 Å². The largest absolute Gasteiger partial charge is 0.326 e. The van der Waals surface area contributed by atoms with Crippen LogP contribution in [0, 0.1) is 6.92 Å². The number of nitrogens with zero attached hydrogens (tertiary/aromatic N) is 1. The van der Waals surface area contributed by atoms with E-state index in [1.807, 2.05) is 11.3 Å². The topological polar surface area (TPSA) is 29.3 Å². The van der Waals surface area contributed by atoms with Gasteiger partial charge < -0.3 is 5.73 Å². The van der Waals surface area contributed by atoms with Crippen molar-refractivity contribution in [2.45, 2.75) is 70.5 Å². The molecule has 1 aliphatic rings. The monoisotopic (exact) mass is 280 g/mol. The van der Waals surface area contributed by atoms with Crippen molar-refractivity contribution in [3.05, 3.63) is 21.9 Å².